The first-order chi connectivity index (χ1) is 9.21. The zero-order valence-electron chi connectivity index (χ0n) is 10.4. The second-order valence-electron chi connectivity index (χ2n) is 4.27. The number of hydrogen-bond acceptors (Lipinski definition) is 4. The molecule has 0 radical (unpaired) electrons. The molecule has 2 heterocycles. The molecule has 0 bridgehead atoms. The summed E-state index contributed by atoms with van der Waals surface area (Å²) in [5, 5.41) is 12.6. The van der Waals surface area contributed by atoms with Gasteiger partial charge in [-0.1, -0.05) is 0 Å². The molecule has 2 fully saturated rings. The molecule has 3 N–H and O–H groups in total. The van der Waals surface area contributed by atoms with Crippen molar-refractivity contribution < 1.29 is 32.7 Å². The Balaban J connectivity index is 0.000000246. The molecular formula is C10H14F3N3O4. The van der Waals surface area contributed by atoms with E-state index in [4.69, 9.17) is 9.90 Å². The summed E-state index contributed by atoms with van der Waals surface area (Å²) in [7, 11) is 0. The molecule has 0 aromatic heterocycles. The summed E-state index contributed by atoms with van der Waals surface area (Å²) in [5.41, 5.74) is 0. The van der Waals surface area contributed by atoms with E-state index in [2.05, 4.69) is 10.6 Å². The lowest BCUT2D eigenvalue weighted by molar-refractivity contribution is -0.192. The van der Waals surface area contributed by atoms with E-state index in [1.807, 2.05) is 0 Å². The molecule has 0 aromatic carbocycles. The normalized spacial score (nSPS) is 20.2. The molecule has 2 rings (SSSR count). The highest BCUT2D eigenvalue weighted by molar-refractivity contribution is 6.02. The van der Waals surface area contributed by atoms with Crippen LogP contribution in [0, 0.1) is 0 Å². The molecule has 3 amide bonds. The molecule has 0 aromatic rings. The van der Waals surface area contributed by atoms with E-state index in [-0.39, 0.29) is 24.5 Å². The predicted molar refractivity (Wildman–Crippen MR) is 59.8 cm³/mol. The molecule has 0 spiro atoms. The fraction of sp³-hybridized carbons (Fsp3) is 0.700. The van der Waals surface area contributed by atoms with Crippen molar-refractivity contribution >= 4 is 17.9 Å². The van der Waals surface area contributed by atoms with Gasteiger partial charge in [-0.3, -0.25) is 10.1 Å². The van der Waals surface area contributed by atoms with Crippen LogP contribution in [0.15, 0.2) is 0 Å². The lowest BCUT2D eigenvalue weighted by atomic mass is 10.1. The first-order valence-electron chi connectivity index (χ1n) is 5.83. The number of carboxylic acid groups (broad SMARTS) is 1. The van der Waals surface area contributed by atoms with Gasteiger partial charge in [-0.25, -0.2) is 9.59 Å². The molecule has 0 saturated carbocycles. The molecule has 20 heavy (non-hydrogen) atoms. The van der Waals surface area contributed by atoms with Crippen molar-refractivity contribution in [2.75, 3.05) is 19.6 Å². The van der Waals surface area contributed by atoms with Gasteiger partial charge in [0.05, 0.1) is 0 Å². The van der Waals surface area contributed by atoms with Gasteiger partial charge in [0.25, 0.3) is 0 Å². The Labute approximate surface area is 112 Å². The molecular weight excluding hydrogens is 283 g/mol. The Morgan fingerprint density at radius 3 is 2.10 bits per heavy atom. The number of hydrogen-bond donors (Lipinski definition) is 3. The Bertz CT molecular complexity index is 394. The van der Waals surface area contributed by atoms with Gasteiger partial charge in [0.15, 0.2) is 0 Å². The van der Waals surface area contributed by atoms with Gasteiger partial charge < -0.3 is 15.3 Å². The van der Waals surface area contributed by atoms with Crippen LogP contribution < -0.4 is 10.6 Å². The van der Waals surface area contributed by atoms with Gasteiger partial charge in [-0.05, 0) is 25.9 Å². The maximum Gasteiger partial charge on any atom is 0.490 e. The van der Waals surface area contributed by atoms with Crippen molar-refractivity contribution in [1.29, 1.82) is 0 Å². The Hall–Kier alpha value is -1.84. The molecule has 114 valence electrons. The number of nitrogens with zero attached hydrogens (tertiary/aromatic N) is 1. The number of alkyl halides is 3. The number of aliphatic carboxylic acids is 1. The van der Waals surface area contributed by atoms with Gasteiger partial charge in [-0.15, -0.1) is 0 Å². The van der Waals surface area contributed by atoms with Crippen molar-refractivity contribution in [3.63, 3.8) is 0 Å². The largest absolute Gasteiger partial charge is 0.490 e. The van der Waals surface area contributed by atoms with E-state index in [1.165, 1.54) is 0 Å². The highest BCUT2D eigenvalue weighted by Crippen LogP contribution is 2.14. The van der Waals surface area contributed by atoms with Crippen LogP contribution in [-0.2, 0) is 9.59 Å². The average Bonchev–Trinajstić information content (AvgIpc) is 2.69. The summed E-state index contributed by atoms with van der Waals surface area (Å²) < 4.78 is 31.7. The summed E-state index contributed by atoms with van der Waals surface area (Å²) in [6, 6.07) is 0.0181. The van der Waals surface area contributed by atoms with E-state index in [1.54, 1.807) is 4.90 Å². The summed E-state index contributed by atoms with van der Waals surface area (Å²) in [6.07, 6.45) is -3.19. The minimum absolute atomic E-state index is 0.177. The number of carbonyl (C=O) groups excluding carboxylic acids is 2. The van der Waals surface area contributed by atoms with Crippen molar-refractivity contribution in [2.45, 2.75) is 25.1 Å². The Morgan fingerprint density at radius 1 is 1.25 bits per heavy atom. The minimum Gasteiger partial charge on any atom is -0.475 e. The highest BCUT2D eigenvalue weighted by atomic mass is 19.4. The van der Waals surface area contributed by atoms with Gasteiger partial charge in [-0.2, -0.15) is 13.2 Å². The van der Waals surface area contributed by atoms with Gasteiger partial charge in [0.1, 0.15) is 6.54 Å². The number of halogens is 3. The third kappa shape index (κ3) is 4.68. The fourth-order valence-electron chi connectivity index (χ4n) is 1.87. The van der Waals surface area contributed by atoms with Crippen LogP contribution in [0.5, 0.6) is 0 Å². The molecule has 2 saturated heterocycles. The average molecular weight is 297 g/mol. The standard InChI is InChI=1S/C8H13N3O2.C2HF3O2/c12-7-5-11(8(13)10-7)6-1-3-9-4-2-6;3-2(4,5)1(6)7/h6,9H,1-5H2,(H,10,12,13);(H,6,7). The first kappa shape index (κ1) is 16.2. The lowest BCUT2D eigenvalue weighted by Crippen LogP contribution is -2.44. The topological polar surface area (TPSA) is 98.7 Å². The van der Waals surface area contributed by atoms with Crippen molar-refractivity contribution in [2.24, 2.45) is 0 Å². The van der Waals surface area contributed by atoms with Crippen LogP contribution in [0.25, 0.3) is 0 Å². The highest BCUT2D eigenvalue weighted by Gasteiger charge is 2.38. The van der Waals surface area contributed by atoms with Crippen molar-refractivity contribution in [3.8, 4) is 0 Å². The zero-order valence-corrected chi connectivity index (χ0v) is 10.4. The number of imide groups is 1. The zero-order chi connectivity index (χ0) is 15.3. The van der Waals surface area contributed by atoms with Gasteiger partial charge >= 0.3 is 18.2 Å². The predicted octanol–water partition coefficient (Wildman–Crippen LogP) is -0.0765. The quantitative estimate of drug-likeness (QED) is 0.588. The number of piperidine rings is 1. The number of carbonyl (C=O) groups is 3. The van der Waals surface area contributed by atoms with Crippen LogP contribution in [0.3, 0.4) is 0 Å². The van der Waals surface area contributed by atoms with Crippen LogP contribution in [0.4, 0.5) is 18.0 Å². The lowest BCUT2D eigenvalue weighted by Gasteiger charge is -2.29. The maximum atomic E-state index is 11.3. The van der Waals surface area contributed by atoms with Gasteiger partial charge in [0.2, 0.25) is 5.91 Å². The smallest absolute Gasteiger partial charge is 0.475 e. The summed E-state index contributed by atoms with van der Waals surface area (Å²) in [5.74, 6) is -2.93. The number of rotatable bonds is 1. The van der Waals surface area contributed by atoms with E-state index in [0.717, 1.165) is 25.9 Å². The molecule has 2 aliphatic heterocycles. The number of carboxylic acids is 1. The molecule has 10 heteroatoms. The second-order valence-corrected chi connectivity index (χ2v) is 4.27. The van der Waals surface area contributed by atoms with E-state index in [9.17, 15) is 22.8 Å². The number of nitrogens with one attached hydrogen (secondary N) is 2. The number of amides is 3. The molecule has 0 unspecified atom stereocenters. The second kappa shape index (κ2) is 6.55. The summed E-state index contributed by atoms with van der Waals surface area (Å²) >= 11 is 0. The molecule has 0 aliphatic carbocycles. The van der Waals surface area contributed by atoms with E-state index >= 15 is 0 Å². The Morgan fingerprint density at radius 2 is 1.75 bits per heavy atom. The maximum absolute atomic E-state index is 11.3. The Kier molecular flexibility index (Phi) is 5.31. The fourth-order valence-corrected chi connectivity index (χ4v) is 1.87. The first-order valence-corrected chi connectivity index (χ1v) is 5.83. The van der Waals surface area contributed by atoms with Crippen LogP contribution >= 0.6 is 0 Å². The van der Waals surface area contributed by atoms with Crippen LogP contribution in [0.1, 0.15) is 12.8 Å². The van der Waals surface area contributed by atoms with Gasteiger partial charge in [0, 0.05) is 6.04 Å². The van der Waals surface area contributed by atoms with Crippen LogP contribution in [-0.4, -0.2) is 59.8 Å². The molecule has 0 atom stereocenters. The SMILES string of the molecule is O=C(O)C(F)(F)F.O=C1CN(C2CCNCC2)C(=O)N1. The summed E-state index contributed by atoms with van der Waals surface area (Å²) in [4.78, 5) is 32.7. The van der Waals surface area contributed by atoms with Crippen LogP contribution in [0.2, 0.25) is 0 Å². The molecule has 2 aliphatic rings. The third-order valence-corrected chi connectivity index (χ3v) is 2.81. The minimum atomic E-state index is -5.08. The van der Waals surface area contributed by atoms with E-state index < -0.39 is 12.1 Å². The molecule has 7 nitrogen and oxygen atoms in total. The van der Waals surface area contributed by atoms with E-state index in [0.29, 0.717) is 0 Å². The monoisotopic (exact) mass is 297 g/mol. The van der Waals surface area contributed by atoms with Crippen molar-refractivity contribution in [1.82, 2.24) is 15.5 Å². The summed E-state index contributed by atoms with van der Waals surface area (Å²) in [6.45, 7) is 2.11. The third-order valence-electron chi connectivity index (χ3n) is 2.81. The van der Waals surface area contributed by atoms with Crippen molar-refractivity contribution in [3.05, 3.63) is 0 Å². The number of urea groups is 1.